The maximum Gasteiger partial charge on any atom is 0.0708 e. The summed E-state index contributed by atoms with van der Waals surface area (Å²) in [5.41, 5.74) is -0.174. The van der Waals surface area contributed by atoms with Gasteiger partial charge in [-0.15, -0.1) is 0 Å². The minimum absolute atomic E-state index is 0.174. The van der Waals surface area contributed by atoms with E-state index in [0.717, 1.165) is 6.42 Å². The van der Waals surface area contributed by atoms with Crippen LogP contribution in [0.1, 0.15) is 58.3 Å². The maximum absolute atomic E-state index is 10.1. The van der Waals surface area contributed by atoms with Crippen molar-refractivity contribution in [1.82, 2.24) is 0 Å². The Labute approximate surface area is 81.5 Å². The molecule has 1 N–H and O–H groups in total. The van der Waals surface area contributed by atoms with Crippen LogP contribution in [0.4, 0.5) is 0 Å². The van der Waals surface area contributed by atoms with Crippen molar-refractivity contribution >= 4 is 0 Å². The van der Waals surface area contributed by atoms with Gasteiger partial charge in [0, 0.05) is 0 Å². The lowest BCUT2D eigenvalue weighted by Gasteiger charge is -2.17. The Morgan fingerprint density at radius 3 is 2.62 bits per heavy atom. The van der Waals surface area contributed by atoms with Gasteiger partial charge in [0.15, 0.2) is 0 Å². The largest absolute Gasteiger partial charge is 0.389 e. The van der Waals surface area contributed by atoms with E-state index in [2.05, 4.69) is 6.92 Å². The number of hydrogen-bond donors (Lipinski definition) is 1. The molecule has 2 aliphatic rings. The molecule has 2 fully saturated rings. The van der Waals surface area contributed by atoms with Gasteiger partial charge in [0.05, 0.1) is 5.60 Å². The Morgan fingerprint density at radius 1 is 1.23 bits per heavy atom. The summed E-state index contributed by atoms with van der Waals surface area (Å²) in [6, 6.07) is 0. The summed E-state index contributed by atoms with van der Waals surface area (Å²) in [7, 11) is 0. The molecule has 0 radical (unpaired) electrons. The van der Waals surface area contributed by atoms with Crippen LogP contribution in [0.25, 0.3) is 0 Å². The molecule has 0 aromatic heterocycles. The van der Waals surface area contributed by atoms with E-state index in [0.29, 0.717) is 11.8 Å². The molecule has 0 heterocycles. The number of hydrogen-bond acceptors (Lipinski definition) is 1. The van der Waals surface area contributed by atoms with Gasteiger partial charge in [-0.3, -0.25) is 0 Å². The molecular weight excluding hydrogens is 160 g/mol. The predicted octanol–water partition coefficient (Wildman–Crippen LogP) is 3.12. The molecule has 0 saturated heterocycles. The van der Waals surface area contributed by atoms with Crippen molar-refractivity contribution in [3.05, 3.63) is 0 Å². The van der Waals surface area contributed by atoms with E-state index in [9.17, 15) is 5.11 Å². The van der Waals surface area contributed by atoms with Crippen molar-refractivity contribution in [3.8, 4) is 0 Å². The minimum atomic E-state index is -0.174. The molecule has 2 rings (SSSR count). The molecule has 0 spiro atoms. The van der Waals surface area contributed by atoms with Crippen molar-refractivity contribution in [2.75, 3.05) is 0 Å². The van der Waals surface area contributed by atoms with Gasteiger partial charge >= 0.3 is 0 Å². The Kier molecular flexibility index (Phi) is 2.64. The average molecular weight is 182 g/mol. The summed E-state index contributed by atoms with van der Waals surface area (Å²) in [6.07, 6.45) is 10.4. The first-order valence-electron chi connectivity index (χ1n) is 5.99. The van der Waals surface area contributed by atoms with Crippen LogP contribution in [0, 0.1) is 11.8 Å². The van der Waals surface area contributed by atoms with Crippen LogP contribution in [0.5, 0.6) is 0 Å². The first kappa shape index (κ1) is 9.51. The number of aliphatic hydroxyl groups is 1. The van der Waals surface area contributed by atoms with Crippen molar-refractivity contribution in [3.63, 3.8) is 0 Å². The molecule has 0 amide bonds. The highest BCUT2D eigenvalue weighted by Crippen LogP contribution is 2.60. The van der Waals surface area contributed by atoms with Gasteiger partial charge in [-0.25, -0.2) is 0 Å². The van der Waals surface area contributed by atoms with E-state index < -0.39 is 0 Å². The standard InChI is InChI=1S/C12H22O/c1-2-3-4-5-6-10-7-8-11-9-12(10,11)13/h10-11,13H,2-9H2,1H3/t10-,11-,12+/m1/s1. The summed E-state index contributed by atoms with van der Waals surface area (Å²) in [5, 5.41) is 10.1. The van der Waals surface area contributed by atoms with Gasteiger partial charge < -0.3 is 5.11 Å². The fourth-order valence-electron chi connectivity index (χ4n) is 3.05. The molecule has 2 saturated carbocycles. The first-order valence-corrected chi connectivity index (χ1v) is 5.99. The monoisotopic (exact) mass is 182 g/mol. The van der Waals surface area contributed by atoms with Crippen LogP contribution in [0.3, 0.4) is 0 Å². The summed E-state index contributed by atoms with van der Waals surface area (Å²) in [4.78, 5) is 0. The molecule has 1 nitrogen and oxygen atoms in total. The van der Waals surface area contributed by atoms with Gasteiger partial charge in [-0.2, -0.15) is 0 Å². The number of unbranched alkanes of at least 4 members (excludes halogenated alkanes) is 3. The topological polar surface area (TPSA) is 20.2 Å². The van der Waals surface area contributed by atoms with E-state index in [1.807, 2.05) is 0 Å². The van der Waals surface area contributed by atoms with Crippen LogP contribution in [-0.4, -0.2) is 10.7 Å². The van der Waals surface area contributed by atoms with Crippen LogP contribution in [0.15, 0.2) is 0 Å². The molecule has 0 bridgehead atoms. The zero-order chi connectivity index (χ0) is 9.31. The second-order valence-corrected chi connectivity index (χ2v) is 5.02. The van der Waals surface area contributed by atoms with Crippen LogP contribution >= 0.6 is 0 Å². The smallest absolute Gasteiger partial charge is 0.0708 e. The van der Waals surface area contributed by atoms with E-state index in [1.165, 1.54) is 44.9 Å². The Bertz CT molecular complexity index is 176. The van der Waals surface area contributed by atoms with Gasteiger partial charge in [0.2, 0.25) is 0 Å². The Hall–Kier alpha value is -0.0400. The zero-order valence-electron chi connectivity index (χ0n) is 8.76. The third-order valence-corrected chi connectivity index (χ3v) is 4.10. The molecule has 76 valence electrons. The maximum atomic E-state index is 10.1. The van der Waals surface area contributed by atoms with E-state index in [1.54, 1.807) is 0 Å². The van der Waals surface area contributed by atoms with Gasteiger partial charge in [0.1, 0.15) is 0 Å². The lowest BCUT2D eigenvalue weighted by atomic mass is 9.94. The zero-order valence-corrected chi connectivity index (χ0v) is 8.76. The molecular formula is C12H22O. The van der Waals surface area contributed by atoms with Gasteiger partial charge in [0.25, 0.3) is 0 Å². The van der Waals surface area contributed by atoms with E-state index >= 15 is 0 Å². The summed E-state index contributed by atoms with van der Waals surface area (Å²) in [6.45, 7) is 2.25. The highest BCUT2D eigenvalue weighted by molar-refractivity contribution is 5.12. The van der Waals surface area contributed by atoms with Crippen LogP contribution < -0.4 is 0 Å². The lowest BCUT2D eigenvalue weighted by molar-refractivity contribution is 0.0832. The minimum Gasteiger partial charge on any atom is -0.389 e. The van der Waals surface area contributed by atoms with Crippen LogP contribution in [-0.2, 0) is 0 Å². The molecule has 13 heavy (non-hydrogen) atoms. The van der Waals surface area contributed by atoms with Crippen LogP contribution in [0.2, 0.25) is 0 Å². The molecule has 0 aromatic carbocycles. The second kappa shape index (κ2) is 3.61. The van der Waals surface area contributed by atoms with Gasteiger partial charge in [-0.1, -0.05) is 32.6 Å². The molecule has 0 unspecified atom stereocenters. The third-order valence-electron chi connectivity index (χ3n) is 4.10. The lowest BCUT2D eigenvalue weighted by Crippen LogP contribution is -2.19. The molecule has 2 aliphatic carbocycles. The first-order chi connectivity index (χ1) is 6.27. The van der Waals surface area contributed by atoms with E-state index in [4.69, 9.17) is 0 Å². The molecule has 0 aromatic rings. The molecule has 3 atom stereocenters. The van der Waals surface area contributed by atoms with Crippen molar-refractivity contribution in [2.45, 2.75) is 63.9 Å². The fourth-order valence-corrected chi connectivity index (χ4v) is 3.05. The third kappa shape index (κ3) is 1.76. The number of fused-ring (bicyclic) bond motifs is 1. The van der Waals surface area contributed by atoms with Crippen molar-refractivity contribution < 1.29 is 5.11 Å². The van der Waals surface area contributed by atoms with Gasteiger partial charge in [-0.05, 0) is 37.5 Å². The second-order valence-electron chi connectivity index (χ2n) is 5.02. The predicted molar refractivity (Wildman–Crippen MR) is 54.5 cm³/mol. The highest BCUT2D eigenvalue weighted by Gasteiger charge is 2.61. The van der Waals surface area contributed by atoms with Crippen molar-refractivity contribution in [1.29, 1.82) is 0 Å². The normalized spacial score (nSPS) is 42.0. The highest BCUT2D eigenvalue weighted by atomic mass is 16.3. The Balaban J connectivity index is 1.65. The summed E-state index contributed by atoms with van der Waals surface area (Å²) < 4.78 is 0. The molecule has 0 aliphatic heterocycles. The summed E-state index contributed by atoms with van der Waals surface area (Å²) >= 11 is 0. The summed E-state index contributed by atoms with van der Waals surface area (Å²) in [5.74, 6) is 1.36. The fraction of sp³-hybridized carbons (Fsp3) is 1.00. The number of rotatable bonds is 5. The van der Waals surface area contributed by atoms with Crippen molar-refractivity contribution in [2.24, 2.45) is 11.8 Å². The van der Waals surface area contributed by atoms with E-state index in [-0.39, 0.29) is 5.60 Å². The quantitative estimate of drug-likeness (QED) is 0.648. The SMILES string of the molecule is CCCCCC[C@@H]1CC[C@@H]2C[C@]12O. The Morgan fingerprint density at radius 2 is 2.08 bits per heavy atom. The molecule has 1 heteroatoms. The average Bonchev–Trinajstić information content (AvgIpc) is 2.68.